The van der Waals surface area contributed by atoms with Crippen molar-refractivity contribution in [1.82, 2.24) is 25.9 Å². The molecular weight excluding hydrogens is 522 g/mol. The summed E-state index contributed by atoms with van der Waals surface area (Å²) in [5.41, 5.74) is 12.8. The molecule has 0 fully saturated rings. The van der Waals surface area contributed by atoms with E-state index in [9.17, 15) is 29.1 Å². The first kappa shape index (κ1) is 31.9. The summed E-state index contributed by atoms with van der Waals surface area (Å²) in [6.07, 6.45) is 3.41. The topological polar surface area (TPSA) is 243 Å². The number of hydrogen-bond acceptors (Lipinski definition) is 8. The number of imidazole rings is 1. The second-order valence-corrected chi connectivity index (χ2v) is 9.32. The van der Waals surface area contributed by atoms with Gasteiger partial charge in [0.15, 0.2) is 0 Å². The van der Waals surface area contributed by atoms with Gasteiger partial charge < -0.3 is 42.6 Å². The van der Waals surface area contributed by atoms with Crippen LogP contribution in [0.15, 0.2) is 42.9 Å². The Bertz CT molecular complexity index is 1110. The van der Waals surface area contributed by atoms with E-state index in [4.69, 9.17) is 16.6 Å². The molecule has 0 bridgehead atoms. The minimum absolute atomic E-state index is 0.0696. The Kier molecular flexibility index (Phi) is 13.3. The van der Waals surface area contributed by atoms with E-state index in [2.05, 4.69) is 25.9 Å². The monoisotopic (exact) mass is 559 g/mol. The highest BCUT2D eigenvalue weighted by molar-refractivity contribution is 5.94. The Hall–Kier alpha value is -4.30. The minimum atomic E-state index is -1.32. The van der Waals surface area contributed by atoms with Gasteiger partial charge >= 0.3 is 11.9 Å². The largest absolute Gasteiger partial charge is 0.481 e. The summed E-state index contributed by atoms with van der Waals surface area (Å²) in [7, 11) is 0. The molecule has 4 unspecified atom stereocenters. The lowest BCUT2D eigenvalue weighted by molar-refractivity contribution is -0.142. The van der Waals surface area contributed by atoms with Crippen LogP contribution in [0.3, 0.4) is 0 Å². The molecule has 10 N–H and O–H groups in total. The number of amides is 3. The molecule has 0 aliphatic heterocycles. The third-order valence-electron chi connectivity index (χ3n) is 6.09. The fourth-order valence-corrected chi connectivity index (χ4v) is 3.90. The smallest absolute Gasteiger partial charge is 0.326 e. The van der Waals surface area contributed by atoms with Crippen LogP contribution in [0.25, 0.3) is 0 Å². The van der Waals surface area contributed by atoms with Gasteiger partial charge in [-0.05, 0) is 44.2 Å². The van der Waals surface area contributed by atoms with Gasteiger partial charge in [-0.15, -0.1) is 0 Å². The number of rotatable bonds is 18. The summed E-state index contributed by atoms with van der Waals surface area (Å²) in [6.45, 7) is 0.372. The highest BCUT2D eigenvalue weighted by Gasteiger charge is 2.31. The Balaban J connectivity index is 2.17. The minimum Gasteiger partial charge on any atom is -0.481 e. The molecule has 0 saturated carbocycles. The van der Waals surface area contributed by atoms with Gasteiger partial charge in [0.25, 0.3) is 0 Å². The van der Waals surface area contributed by atoms with Gasteiger partial charge in [0.1, 0.15) is 18.1 Å². The standard InChI is InChI=1S/C26H37N7O7/c27-11-5-4-8-20(26(39)40)32-25(38)21(13-17-14-29-15-30-17)33-24(37)19(9-10-22(34)35)31-23(36)18(28)12-16-6-2-1-3-7-16/h1-3,6-7,14-15,18-21H,4-5,8-13,27-28H2,(H,29,30)(H,31,36)(H,32,38)(H,33,37)(H,34,35)(H,39,40). The molecule has 4 atom stereocenters. The molecule has 1 heterocycles. The van der Waals surface area contributed by atoms with Gasteiger partial charge in [0.05, 0.1) is 12.4 Å². The van der Waals surface area contributed by atoms with Crippen molar-refractivity contribution in [2.45, 2.75) is 69.1 Å². The molecule has 14 heteroatoms. The van der Waals surface area contributed by atoms with Gasteiger partial charge in [-0.3, -0.25) is 19.2 Å². The van der Waals surface area contributed by atoms with Crippen molar-refractivity contribution in [3.8, 4) is 0 Å². The molecule has 40 heavy (non-hydrogen) atoms. The van der Waals surface area contributed by atoms with Gasteiger partial charge in [-0.2, -0.15) is 0 Å². The number of carbonyl (C=O) groups is 5. The number of nitrogens with one attached hydrogen (secondary N) is 4. The maximum Gasteiger partial charge on any atom is 0.326 e. The van der Waals surface area contributed by atoms with Crippen molar-refractivity contribution < 1.29 is 34.2 Å². The number of nitrogens with two attached hydrogens (primary N) is 2. The summed E-state index contributed by atoms with van der Waals surface area (Å²) in [5, 5.41) is 26.2. The zero-order valence-electron chi connectivity index (χ0n) is 22.0. The van der Waals surface area contributed by atoms with Crippen LogP contribution in [-0.2, 0) is 36.8 Å². The lowest BCUT2D eigenvalue weighted by atomic mass is 10.0. The van der Waals surface area contributed by atoms with Crippen molar-refractivity contribution in [3.63, 3.8) is 0 Å². The summed E-state index contributed by atoms with van der Waals surface area (Å²) in [5.74, 6) is -4.69. The van der Waals surface area contributed by atoms with Gasteiger partial charge in [-0.1, -0.05) is 30.3 Å². The molecule has 0 saturated heterocycles. The van der Waals surface area contributed by atoms with Crippen molar-refractivity contribution >= 4 is 29.7 Å². The maximum atomic E-state index is 13.3. The van der Waals surface area contributed by atoms with Gasteiger partial charge in [0, 0.05) is 24.7 Å². The molecule has 1 aromatic carbocycles. The summed E-state index contributed by atoms with van der Waals surface area (Å²) in [6, 6.07) is 4.18. The van der Waals surface area contributed by atoms with Crippen LogP contribution in [0.5, 0.6) is 0 Å². The number of carboxylic acids is 2. The van der Waals surface area contributed by atoms with Gasteiger partial charge in [0.2, 0.25) is 17.7 Å². The molecule has 1 aromatic heterocycles. The Labute approximate surface area is 231 Å². The third-order valence-corrected chi connectivity index (χ3v) is 6.09. The summed E-state index contributed by atoms with van der Waals surface area (Å²) in [4.78, 5) is 68.8. The predicted molar refractivity (Wildman–Crippen MR) is 144 cm³/mol. The quantitative estimate of drug-likeness (QED) is 0.104. The van der Waals surface area contributed by atoms with Crippen molar-refractivity contribution in [3.05, 3.63) is 54.1 Å². The number of carbonyl (C=O) groups excluding carboxylic acids is 3. The van der Waals surface area contributed by atoms with E-state index in [0.29, 0.717) is 25.1 Å². The number of nitrogens with zero attached hydrogens (tertiary/aromatic N) is 1. The second kappa shape index (κ2) is 16.6. The summed E-state index contributed by atoms with van der Waals surface area (Å²) >= 11 is 0. The van der Waals surface area contributed by atoms with Crippen molar-refractivity contribution in [2.24, 2.45) is 11.5 Å². The van der Waals surface area contributed by atoms with Crippen LogP contribution in [0, 0.1) is 0 Å². The normalized spacial score (nSPS) is 13.8. The van der Waals surface area contributed by atoms with E-state index in [1.54, 1.807) is 24.3 Å². The highest BCUT2D eigenvalue weighted by Crippen LogP contribution is 2.07. The third kappa shape index (κ3) is 11.2. The SMILES string of the molecule is NCCCCC(NC(=O)C(Cc1cnc[nH]1)NC(=O)C(CCC(=O)O)NC(=O)C(N)Cc1ccccc1)C(=O)O. The maximum absolute atomic E-state index is 13.3. The Morgan fingerprint density at radius 2 is 1.50 bits per heavy atom. The molecule has 3 amide bonds. The van der Waals surface area contributed by atoms with Crippen molar-refractivity contribution in [2.75, 3.05) is 6.54 Å². The lowest BCUT2D eigenvalue weighted by Gasteiger charge is -2.25. The van der Waals surface area contributed by atoms with Crippen LogP contribution in [0.4, 0.5) is 0 Å². The molecule has 0 aliphatic carbocycles. The van der Waals surface area contributed by atoms with Crippen LogP contribution >= 0.6 is 0 Å². The van der Waals surface area contributed by atoms with Crippen LogP contribution in [0.1, 0.15) is 43.4 Å². The van der Waals surface area contributed by atoms with E-state index in [-0.39, 0.29) is 25.7 Å². The Morgan fingerprint density at radius 3 is 2.10 bits per heavy atom. The van der Waals surface area contributed by atoms with E-state index in [1.165, 1.54) is 12.5 Å². The first-order chi connectivity index (χ1) is 19.1. The number of H-pyrrole nitrogens is 1. The number of hydrogen-bond donors (Lipinski definition) is 8. The molecule has 2 rings (SSSR count). The van der Waals surface area contributed by atoms with Crippen molar-refractivity contribution in [1.29, 1.82) is 0 Å². The molecule has 14 nitrogen and oxygen atoms in total. The number of aliphatic carboxylic acids is 2. The molecule has 218 valence electrons. The highest BCUT2D eigenvalue weighted by atomic mass is 16.4. The second-order valence-electron chi connectivity index (χ2n) is 9.32. The first-order valence-electron chi connectivity index (χ1n) is 12.9. The zero-order chi connectivity index (χ0) is 29.5. The zero-order valence-corrected chi connectivity index (χ0v) is 22.0. The molecule has 0 radical (unpaired) electrons. The number of carboxylic acid groups (broad SMARTS) is 2. The predicted octanol–water partition coefficient (Wildman–Crippen LogP) is -0.945. The van der Waals surface area contributed by atoms with Gasteiger partial charge in [-0.25, -0.2) is 9.78 Å². The molecule has 2 aromatic rings. The number of benzene rings is 1. The van der Waals surface area contributed by atoms with E-state index >= 15 is 0 Å². The number of aromatic amines is 1. The van der Waals surface area contributed by atoms with Crippen LogP contribution < -0.4 is 27.4 Å². The fraction of sp³-hybridized carbons (Fsp3) is 0.462. The molecule has 0 spiro atoms. The molecule has 0 aliphatic rings. The number of aromatic nitrogens is 2. The Morgan fingerprint density at radius 1 is 0.850 bits per heavy atom. The van der Waals surface area contributed by atoms with Crippen LogP contribution in [-0.4, -0.2) is 80.6 Å². The number of unbranched alkanes of at least 4 members (excludes halogenated alkanes) is 1. The fourth-order valence-electron chi connectivity index (χ4n) is 3.90. The molecular formula is C26H37N7O7. The van der Waals surface area contributed by atoms with E-state index < -0.39 is 60.2 Å². The average Bonchev–Trinajstić information content (AvgIpc) is 3.43. The van der Waals surface area contributed by atoms with E-state index in [1.807, 2.05) is 6.07 Å². The van der Waals surface area contributed by atoms with Crippen LogP contribution in [0.2, 0.25) is 0 Å². The lowest BCUT2D eigenvalue weighted by Crippen LogP contribution is -2.57. The average molecular weight is 560 g/mol. The van der Waals surface area contributed by atoms with E-state index in [0.717, 1.165) is 5.56 Å². The first-order valence-corrected chi connectivity index (χ1v) is 12.9. The summed E-state index contributed by atoms with van der Waals surface area (Å²) < 4.78 is 0.